The highest BCUT2D eigenvalue weighted by molar-refractivity contribution is 5.66. The zero-order valence-corrected chi connectivity index (χ0v) is 14.2. The summed E-state index contributed by atoms with van der Waals surface area (Å²) in [5.74, 6) is 0.114. The Balaban J connectivity index is 0. The number of carboxylic acids is 1. The Hall–Kier alpha value is -0.690. The Morgan fingerprint density at radius 3 is 1.68 bits per heavy atom. The molecule has 0 amide bonds. The van der Waals surface area contributed by atoms with Crippen LogP contribution in [0, 0.1) is 5.92 Å². The molecule has 0 spiro atoms. The van der Waals surface area contributed by atoms with Crippen LogP contribution in [0.5, 0.6) is 0 Å². The molecular weight excluding hydrogens is 286 g/mol. The van der Waals surface area contributed by atoms with Crippen molar-refractivity contribution in [1.29, 1.82) is 0 Å². The van der Waals surface area contributed by atoms with Gasteiger partial charge in [-0.15, -0.1) is 0 Å². The molecule has 0 heterocycles. The lowest BCUT2D eigenvalue weighted by Crippen LogP contribution is -2.32. The lowest BCUT2D eigenvalue weighted by Gasteiger charge is -2.17. The molecule has 0 aromatic rings. The fourth-order valence-electron chi connectivity index (χ4n) is 1.94. The lowest BCUT2D eigenvalue weighted by molar-refractivity contribution is -0.137. The van der Waals surface area contributed by atoms with Crippen molar-refractivity contribution in [2.45, 2.75) is 52.4 Å². The molecular formula is C16H35NO5. The summed E-state index contributed by atoms with van der Waals surface area (Å²) in [4.78, 5) is 11.9. The van der Waals surface area contributed by atoms with Crippen molar-refractivity contribution in [3.63, 3.8) is 0 Å². The second-order valence-electron chi connectivity index (χ2n) is 5.75. The maximum atomic E-state index is 10.1. The van der Waals surface area contributed by atoms with Crippen LogP contribution in [0.15, 0.2) is 0 Å². The van der Waals surface area contributed by atoms with Crippen LogP contribution in [-0.2, 0) is 4.79 Å². The Morgan fingerprint density at radius 1 is 0.864 bits per heavy atom. The van der Waals surface area contributed by atoms with E-state index in [4.69, 9.17) is 20.4 Å². The van der Waals surface area contributed by atoms with E-state index in [2.05, 4.69) is 13.8 Å². The fraction of sp³-hybridized carbons (Fsp3) is 0.938. The van der Waals surface area contributed by atoms with E-state index in [1.807, 2.05) is 0 Å². The van der Waals surface area contributed by atoms with Crippen LogP contribution in [0.2, 0.25) is 0 Å². The first kappa shape index (κ1) is 23.6. The van der Waals surface area contributed by atoms with E-state index in [9.17, 15) is 4.79 Å². The zero-order chi connectivity index (χ0) is 17.2. The summed E-state index contributed by atoms with van der Waals surface area (Å²) in [6.45, 7) is 6.19. The standard InChI is InChI=1S/C10H20O2.C6H15NO3/c1-9(2)7-5-3-4-6-8-10(11)12;8-4-1-7(2-5-9)3-6-10/h9H,3-8H2,1-2H3,(H,11,12);8-10H,1-6H2. The average molecular weight is 321 g/mol. The SMILES string of the molecule is CC(C)CCCCCCC(=O)O.OCCN(CCO)CCO. The first-order chi connectivity index (χ1) is 10.5. The minimum absolute atomic E-state index is 0.0694. The third-order valence-electron chi connectivity index (χ3n) is 3.17. The minimum atomic E-state index is -0.668. The normalized spacial score (nSPS) is 10.7. The highest BCUT2D eigenvalue weighted by Gasteiger charge is 2.00. The van der Waals surface area contributed by atoms with Gasteiger partial charge in [0.25, 0.3) is 0 Å². The van der Waals surface area contributed by atoms with Gasteiger partial charge in [-0.2, -0.15) is 0 Å². The van der Waals surface area contributed by atoms with Crippen molar-refractivity contribution in [3.8, 4) is 0 Å². The van der Waals surface area contributed by atoms with Crippen molar-refractivity contribution in [2.75, 3.05) is 39.5 Å². The number of unbranched alkanes of at least 4 members (excludes halogenated alkanes) is 3. The van der Waals surface area contributed by atoms with Crippen molar-refractivity contribution >= 4 is 5.97 Å². The molecule has 0 aliphatic heterocycles. The van der Waals surface area contributed by atoms with Crippen molar-refractivity contribution in [1.82, 2.24) is 4.90 Å². The highest BCUT2D eigenvalue weighted by atomic mass is 16.4. The molecule has 0 radical (unpaired) electrons. The van der Waals surface area contributed by atoms with Crippen LogP contribution in [0.3, 0.4) is 0 Å². The molecule has 0 fully saturated rings. The summed E-state index contributed by atoms with van der Waals surface area (Å²) >= 11 is 0. The number of aliphatic hydroxyl groups is 3. The van der Waals surface area contributed by atoms with Crippen molar-refractivity contribution in [2.24, 2.45) is 5.92 Å². The van der Waals surface area contributed by atoms with E-state index in [0.29, 0.717) is 26.1 Å². The number of hydrogen-bond donors (Lipinski definition) is 4. The molecule has 0 saturated heterocycles. The third-order valence-corrected chi connectivity index (χ3v) is 3.17. The number of rotatable bonds is 13. The average Bonchev–Trinajstić information content (AvgIpc) is 2.44. The van der Waals surface area contributed by atoms with Crippen LogP contribution < -0.4 is 0 Å². The van der Waals surface area contributed by atoms with E-state index in [0.717, 1.165) is 18.8 Å². The zero-order valence-electron chi connectivity index (χ0n) is 14.2. The molecule has 134 valence electrons. The van der Waals surface area contributed by atoms with E-state index in [-0.39, 0.29) is 19.8 Å². The molecule has 4 N–H and O–H groups in total. The first-order valence-electron chi connectivity index (χ1n) is 8.24. The summed E-state index contributed by atoms with van der Waals surface area (Å²) in [6.07, 6.45) is 5.95. The van der Waals surface area contributed by atoms with Gasteiger partial charge in [0, 0.05) is 26.1 Å². The monoisotopic (exact) mass is 321 g/mol. The summed E-state index contributed by atoms with van der Waals surface area (Å²) < 4.78 is 0. The topological polar surface area (TPSA) is 101 Å². The van der Waals surface area contributed by atoms with Gasteiger partial charge in [-0.25, -0.2) is 0 Å². The molecule has 0 rings (SSSR count). The molecule has 0 unspecified atom stereocenters. The Bertz CT molecular complexity index is 222. The van der Waals surface area contributed by atoms with Gasteiger partial charge in [-0.1, -0.05) is 39.5 Å². The molecule has 0 atom stereocenters. The summed E-state index contributed by atoms with van der Waals surface area (Å²) in [7, 11) is 0. The van der Waals surface area contributed by atoms with Crippen LogP contribution in [-0.4, -0.2) is 70.8 Å². The van der Waals surface area contributed by atoms with E-state index in [1.54, 1.807) is 4.90 Å². The number of hydrogen-bond acceptors (Lipinski definition) is 5. The number of aliphatic carboxylic acids is 1. The van der Waals surface area contributed by atoms with E-state index in [1.165, 1.54) is 19.3 Å². The largest absolute Gasteiger partial charge is 0.481 e. The van der Waals surface area contributed by atoms with Crippen LogP contribution >= 0.6 is 0 Å². The molecule has 6 nitrogen and oxygen atoms in total. The van der Waals surface area contributed by atoms with Crippen molar-refractivity contribution < 1.29 is 25.2 Å². The lowest BCUT2D eigenvalue weighted by atomic mass is 10.0. The maximum absolute atomic E-state index is 10.1. The van der Waals surface area contributed by atoms with Crippen molar-refractivity contribution in [3.05, 3.63) is 0 Å². The number of carboxylic acid groups (broad SMARTS) is 1. The highest BCUT2D eigenvalue weighted by Crippen LogP contribution is 2.10. The predicted molar refractivity (Wildman–Crippen MR) is 87.9 cm³/mol. The van der Waals surface area contributed by atoms with Gasteiger partial charge in [-0.3, -0.25) is 9.69 Å². The smallest absolute Gasteiger partial charge is 0.303 e. The number of nitrogens with zero attached hydrogens (tertiary/aromatic N) is 1. The number of aliphatic hydroxyl groups excluding tert-OH is 3. The Kier molecular flexibility index (Phi) is 19.7. The molecule has 0 saturated carbocycles. The Labute approximate surface area is 134 Å². The molecule has 0 bridgehead atoms. The second-order valence-corrected chi connectivity index (χ2v) is 5.75. The van der Waals surface area contributed by atoms with E-state index >= 15 is 0 Å². The van der Waals surface area contributed by atoms with Gasteiger partial charge in [-0.05, 0) is 12.3 Å². The summed E-state index contributed by atoms with van der Waals surface area (Å²) in [5.41, 5.74) is 0. The van der Waals surface area contributed by atoms with Crippen LogP contribution in [0.25, 0.3) is 0 Å². The summed E-state index contributed by atoms with van der Waals surface area (Å²) in [6, 6.07) is 0. The molecule has 6 heteroatoms. The quantitative estimate of drug-likeness (QED) is 0.382. The second kappa shape index (κ2) is 18.4. The van der Waals surface area contributed by atoms with Gasteiger partial charge < -0.3 is 20.4 Å². The molecule has 22 heavy (non-hydrogen) atoms. The Morgan fingerprint density at radius 2 is 1.32 bits per heavy atom. The predicted octanol–water partition coefficient (Wildman–Crippen LogP) is 1.33. The molecule has 0 aromatic heterocycles. The van der Waals surface area contributed by atoms with Gasteiger partial charge in [0.15, 0.2) is 0 Å². The van der Waals surface area contributed by atoms with E-state index < -0.39 is 5.97 Å². The molecule has 0 aliphatic carbocycles. The van der Waals surface area contributed by atoms with Gasteiger partial charge in [0.1, 0.15) is 0 Å². The van der Waals surface area contributed by atoms with Gasteiger partial charge in [0.05, 0.1) is 19.8 Å². The third kappa shape index (κ3) is 21.6. The first-order valence-corrected chi connectivity index (χ1v) is 8.24. The summed E-state index contributed by atoms with van der Waals surface area (Å²) in [5, 5.41) is 33.8. The number of carbonyl (C=O) groups is 1. The maximum Gasteiger partial charge on any atom is 0.303 e. The fourth-order valence-corrected chi connectivity index (χ4v) is 1.94. The minimum Gasteiger partial charge on any atom is -0.481 e. The van der Waals surface area contributed by atoms with Gasteiger partial charge >= 0.3 is 5.97 Å². The van der Waals surface area contributed by atoms with Gasteiger partial charge in [0.2, 0.25) is 0 Å². The molecule has 0 aliphatic rings. The van der Waals surface area contributed by atoms with Crippen LogP contribution in [0.4, 0.5) is 0 Å². The van der Waals surface area contributed by atoms with Crippen LogP contribution in [0.1, 0.15) is 52.4 Å². The molecule has 0 aromatic carbocycles.